The molecule has 0 saturated heterocycles. The van der Waals surface area contributed by atoms with E-state index in [-0.39, 0.29) is 22.5 Å². The molecule has 0 unspecified atom stereocenters. The van der Waals surface area contributed by atoms with Crippen LogP contribution in [0.15, 0.2) is 18.3 Å². The first-order valence-electron chi connectivity index (χ1n) is 6.06. The number of H-pyrrole nitrogens is 1. The average molecular weight is 302 g/mol. The maximum Gasteiger partial charge on any atom is 0.338 e. The largest absolute Gasteiger partial charge is 0.465 e. The minimum absolute atomic E-state index is 0.0552. The Kier molecular flexibility index (Phi) is 4.43. The Hall–Kier alpha value is -3.28. The number of esters is 1. The molecule has 2 aromatic rings. The van der Waals surface area contributed by atoms with Gasteiger partial charge in [-0.1, -0.05) is 0 Å². The van der Waals surface area contributed by atoms with Crippen LogP contribution in [0.4, 0.5) is 10.1 Å². The first kappa shape index (κ1) is 15.1. The Morgan fingerprint density at radius 3 is 2.91 bits per heavy atom. The molecular formula is C13H11FN6O2. The number of carbonyl (C=O) groups is 1. The van der Waals surface area contributed by atoms with Crippen LogP contribution in [0, 0.1) is 24.1 Å². The summed E-state index contributed by atoms with van der Waals surface area (Å²) in [4.78, 5) is 11.5. The molecular weight excluding hydrogens is 291 g/mol. The van der Waals surface area contributed by atoms with Gasteiger partial charge in [-0.3, -0.25) is 0 Å². The molecule has 0 bridgehead atoms. The lowest BCUT2D eigenvalue weighted by atomic mass is 10.1. The van der Waals surface area contributed by atoms with E-state index in [0.717, 1.165) is 6.07 Å². The lowest BCUT2D eigenvalue weighted by molar-refractivity contribution is 0.0600. The van der Waals surface area contributed by atoms with Gasteiger partial charge in [0, 0.05) is 17.5 Å². The summed E-state index contributed by atoms with van der Waals surface area (Å²) >= 11 is 0. The molecule has 0 fully saturated rings. The number of allylic oxidation sites excluding steroid dienone is 1. The van der Waals surface area contributed by atoms with Crippen LogP contribution in [0.1, 0.15) is 21.7 Å². The van der Waals surface area contributed by atoms with Crippen molar-refractivity contribution in [3.05, 3.63) is 41.1 Å². The normalized spacial score (nSPS) is 10.9. The van der Waals surface area contributed by atoms with Crippen LogP contribution in [0.5, 0.6) is 0 Å². The summed E-state index contributed by atoms with van der Waals surface area (Å²) in [6, 6.07) is 4.39. The van der Waals surface area contributed by atoms with Crippen LogP contribution in [0.2, 0.25) is 0 Å². The molecule has 1 heterocycles. The molecule has 2 N–H and O–H groups in total. The number of ether oxygens (including phenoxy) is 1. The number of nitrogens with zero attached hydrogens (tertiary/aromatic N) is 4. The minimum Gasteiger partial charge on any atom is -0.465 e. The first-order valence-corrected chi connectivity index (χ1v) is 6.06. The molecule has 0 radical (unpaired) electrons. The van der Waals surface area contributed by atoms with Gasteiger partial charge in [-0.15, -0.1) is 10.2 Å². The van der Waals surface area contributed by atoms with Crippen LogP contribution in [0.25, 0.3) is 5.57 Å². The number of nitrogens with one attached hydrogen (secondary N) is 2. The summed E-state index contributed by atoms with van der Waals surface area (Å²) in [6.07, 6.45) is 1.30. The highest BCUT2D eigenvalue weighted by molar-refractivity contribution is 5.91. The maximum absolute atomic E-state index is 13.8. The molecule has 0 atom stereocenters. The van der Waals surface area contributed by atoms with Crippen LogP contribution in [-0.4, -0.2) is 33.7 Å². The van der Waals surface area contributed by atoms with Crippen molar-refractivity contribution in [3.63, 3.8) is 0 Å². The van der Waals surface area contributed by atoms with E-state index in [9.17, 15) is 9.18 Å². The Labute approximate surface area is 124 Å². The lowest BCUT2D eigenvalue weighted by Crippen LogP contribution is -2.05. The summed E-state index contributed by atoms with van der Waals surface area (Å²) < 4.78 is 18.4. The Morgan fingerprint density at radius 2 is 2.32 bits per heavy atom. The molecule has 0 amide bonds. The van der Waals surface area contributed by atoms with E-state index in [1.165, 1.54) is 26.3 Å². The zero-order chi connectivity index (χ0) is 16.1. The van der Waals surface area contributed by atoms with E-state index in [2.05, 4.69) is 30.7 Å². The van der Waals surface area contributed by atoms with Crippen molar-refractivity contribution < 1.29 is 13.9 Å². The van der Waals surface area contributed by atoms with Gasteiger partial charge in [-0.05, 0) is 24.3 Å². The number of tetrazole rings is 1. The topological polar surface area (TPSA) is 117 Å². The number of aromatic amines is 1. The quantitative estimate of drug-likeness (QED) is 0.647. The predicted molar refractivity (Wildman–Crippen MR) is 73.9 cm³/mol. The number of methoxy groups -OCH3 is 1. The molecule has 9 heteroatoms. The molecule has 2 rings (SSSR count). The fraction of sp³-hybridized carbons (Fsp3) is 0.154. The van der Waals surface area contributed by atoms with Crippen molar-refractivity contribution in [1.29, 1.82) is 5.26 Å². The Morgan fingerprint density at radius 1 is 1.55 bits per heavy atom. The van der Waals surface area contributed by atoms with Gasteiger partial charge in [0.2, 0.25) is 5.82 Å². The summed E-state index contributed by atoms with van der Waals surface area (Å²) in [5, 5.41) is 24.7. The highest BCUT2D eigenvalue weighted by Crippen LogP contribution is 2.22. The molecule has 112 valence electrons. The first-order chi connectivity index (χ1) is 10.6. The van der Waals surface area contributed by atoms with E-state index >= 15 is 0 Å². The molecule has 0 saturated carbocycles. The predicted octanol–water partition coefficient (Wildman–Crippen LogP) is 1.41. The van der Waals surface area contributed by atoms with Gasteiger partial charge in [0.15, 0.2) is 0 Å². The van der Waals surface area contributed by atoms with Crippen LogP contribution >= 0.6 is 0 Å². The summed E-state index contributed by atoms with van der Waals surface area (Å²) in [5.74, 6) is -1.14. The number of rotatable bonds is 4. The monoisotopic (exact) mass is 302 g/mol. The molecule has 0 aliphatic heterocycles. The van der Waals surface area contributed by atoms with Crippen molar-refractivity contribution in [1.82, 2.24) is 20.6 Å². The zero-order valence-corrected chi connectivity index (χ0v) is 11.7. The SMILES string of the molecule is COC(=O)c1cc(F)c(C)c(NC=C(C#N)c2nn[nH]n2)c1. The third kappa shape index (κ3) is 3.06. The fourth-order valence-electron chi connectivity index (χ4n) is 1.64. The third-order valence-electron chi connectivity index (χ3n) is 2.84. The number of benzene rings is 1. The van der Waals surface area contributed by atoms with Gasteiger partial charge in [0.1, 0.15) is 17.5 Å². The maximum atomic E-state index is 13.8. The van der Waals surface area contributed by atoms with E-state index in [1.54, 1.807) is 0 Å². The van der Waals surface area contributed by atoms with Gasteiger partial charge in [0.05, 0.1) is 12.7 Å². The zero-order valence-electron chi connectivity index (χ0n) is 11.7. The van der Waals surface area contributed by atoms with E-state index in [4.69, 9.17) is 5.26 Å². The highest BCUT2D eigenvalue weighted by Gasteiger charge is 2.13. The van der Waals surface area contributed by atoms with Crippen molar-refractivity contribution in [3.8, 4) is 6.07 Å². The molecule has 0 spiro atoms. The average Bonchev–Trinajstić information content (AvgIpc) is 3.05. The van der Waals surface area contributed by atoms with Crippen LogP contribution in [0.3, 0.4) is 0 Å². The summed E-state index contributed by atoms with van der Waals surface area (Å²) in [5.41, 5.74) is 0.752. The van der Waals surface area contributed by atoms with E-state index in [0.29, 0.717) is 5.69 Å². The van der Waals surface area contributed by atoms with Gasteiger partial charge < -0.3 is 10.1 Å². The number of halogens is 1. The van der Waals surface area contributed by atoms with Crippen molar-refractivity contribution in [2.24, 2.45) is 0 Å². The highest BCUT2D eigenvalue weighted by atomic mass is 19.1. The second-order valence-corrected chi connectivity index (χ2v) is 4.17. The van der Waals surface area contributed by atoms with Gasteiger partial charge in [-0.2, -0.15) is 10.5 Å². The Balaban J connectivity index is 2.35. The number of hydrogen-bond donors (Lipinski definition) is 2. The second kappa shape index (κ2) is 6.45. The molecule has 0 aliphatic rings. The number of hydrogen-bond acceptors (Lipinski definition) is 7. The summed E-state index contributed by atoms with van der Waals surface area (Å²) in [6.45, 7) is 1.53. The van der Waals surface area contributed by atoms with E-state index in [1.807, 2.05) is 6.07 Å². The van der Waals surface area contributed by atoms with Crippen LogP contribution in [-0.2, 0) is 4.74 Å². The molecule has 8 nitrogen and oxygen atoms in total. The molecule has 22 heavy (non-hydrogen) atoms. The minimum atomic E-state index is -0.662. The number of aromatic nitrogens is 4. The van der Waals surface area contributed by atoms with Gasteiger partial charge in [-0.25, -0.2) is 9.18 Å². The summed E-state index contributed by atoms with van der Waals surface area (Å²) in [7, 11) is 1.21. The smallest absolute Gasteiger partial charge is 0.338 e. The number of anilines is 1. The van der Waals surface area contributed by atoms with Crippen molar-refractivity contribution >= 4 is 17.2 Å². The molecule has 1 aromatic carbocycles. The second-order valence-electron chi connectivity index (χ2n) is 4.17. The Bertz CT molecular complexity index is 764. The molecule has 1 aromatic heterocycles. The fourth-order valence-corrected chi connectivity index (χ4v) is 1.64. The van der Waals surface area contributed by atoms with E-state index < -0.39 is 11.8 Å². The molecule has 0 aliphatic carbocycles. The standard InChI is InChI=1S/C13H11FN6O2/c1-7-10(14)3-8(13(21)22-2)4-11(7)16-6-9(5-15)12-17-19-20-18-12/h3-4,6,16H,1-2H3,(H,17,18,19,20). The van der Waals surface area contributed by atoms with Crippen molar-refractivity contribution in [2.75, 3.05) is 12.4 Å². The lowest BCUT2D eigenvalue weighted by Gasteiger charge is -2.09. The van der Waals surface area contributed by atoms with Gasteiger partial charge >= 0.3 is 5.97 Å². The van der Waals surface area contributed by atoms with Crippen LogP contribution < -0.4 is 5.32 Å². The third-order valence-corrected chi connectivity index (χ3v) is 2.84. The number of nitriles is 1. The van der Waals surface area contributed by atoms with Gasteiger partial charge in [0.25, 0.3) is 0 Å². The van der Waals surface area contributed by atoms with Crippen molar-refractivity contribution in [2.45, 2.75) is 6.92 Å². The number of carbonyl (C=O) groups excluding carboxylic acids is 1.